The van der Waals surface area contributed by atoms with Gasteiger partial charge in [0.15, 0.2) is 4.67 Å². The van der Waals surface area contributed by atoms with Crippen LogP contribution < -0.4 is 0 Å². The minimum atomic E-state index is 0.0828. The van der Waals surface area contributed by atoms with Gasteiger partial charge in [-0.05, 0) is 64.2 Å². The summed E-state index contributed by atoms with van der Waals surface area (Å²) < 4.78 is 5.75. The Labute approximate surface area is 129 Å². The maximum Gasteiger partial charge on any atom is 0.258 e. The summed E-state index contributed by atoms with van der Waals surface area (Å²) in [5, 5.41) is 2.15. The molecule has 2 aliphatic rings. The van der Waals surface area contributed by atoms with Crippen LogP contribution in [0.15, 0.2) is 32.9 Å². The normalized spacial score (nSPS) is 21.9. The first-order valence-corrected chi connectivity index (χ1v) is 8.53. The van der Waals surface area contributed by atoms with Crippen LogP contribution in [0.2, 0.25) is 0 Å². The monoisotopic (exact) mass is 351 g/mol. The number of fused-ring (bicyclic) bond motifs is 1. The zero-order valence-electron chi connectivity index (χ0n) is 10.8. The number of carbonyl (C=O) groups is 1. The number of halogens is 1. The molecule has 104 valence electrons. The van der Waals surface area contributed by atoms with Gasteiger partial charge in [0.2, 0.25) is 0 Å². The zero-order chi connectivity index (χ0) is 13.7. The first-order valence-electron chi connectivity index (χ1n) is 6.86. The second-order valence-electron chi connectivity index (χ2n) is 5.44. The fourth-order valence-electron chi connectivity index (χ4n) is 3.10. The second-order valence-corrected chi connectivity index (χ2v) is 7.16. The molecule has 1 aliphatic heterocycles. The van der Waals surface area contributed by atoms with Gasteiger partial charge in [-0.3, -0.25) is 4.79 Å². The number of nitrogens with zero attached hydrogens (tertiary/aromatic N) is 1. The maximum atomic E-state index is 12.8. The molecule has 3 nitrogen and oxygen atoms in total. The SMILES string of the molecule is O=C(c1ccoc1Br)N1CCc2sccc2C1C1CC1. The van der Waals surface area contributed by atoms with Gasteiger partial charge in [0.1, 0.15) is 0 Å². The molecule has 0 saturated heterocycles. The number of furan rings is 1. The van der Waals surface area contributed by atoms with Crippen LogP contribution in [0.3, 0.4) is 0 Å². The molecule has 2 aromatic heterocycles. The predicted octanol–water partition coefficient (Wildman–Crippen LogP) is 4.25. The third-order valence-electron chi connectivity index (χ3n) is 4.19. The Bertz CT molecular complexity index is 658. The fourth-order valence-corrected chi connectivity index (χ4v) is 4.42. The lowest BCUT2D eigenvalue weighted by atomic mass is 9.95. The molecule has 5 heteroatoms. The van der Waals surface area contributed by atoms with E-state index in [2.05, 4.69) is 27.4 Å². The van der Waals surface area contributed by atoms with Crippen LogP contribution in [0.25, 0.3) is 0 Å². The molecule has 0 radical (unpaired) electrons. The predicted molar refractivity (Wildman–Crippen MR) is 80.9 cm³/mol. The van der Waals surface area contributed by atoms with Gasteiger partial charge in [-0.1, -0.05) is 0 Å². The van der Waals surface area contributed by atoms with Gasteiger partial charge in [-0.15, -0.1) is 11.3 Å². The molecule has 0 aromatic carbocycles. The van der Waals surface area contributed by atoms with E-state index in [4.69, 9.17) is 4.42 Å². The highest BCUT2D eigenvalue weighted by molar-refractivity contribution is 9.10. The fraction of sp³-hybridized carbons (Fsp3) is 0.400. The highest BCUT2D eigenvalue weighted by Crippen LogP contribution is 2.48. The Morgan fingerprint density at radius 3 is 2.95 bits per heavy atom. The molecule has 0 spiro atoms. The summed E-state index contributed by atoms with van der Waals surface area (Å²) in [4.78, 5) is 16.3. The summed E-state index contributed by atoms with van der Waals surface area (Å²) in [7, 11) is 0. The zero-order valence-corrected chi connectivity index (χ0v) is 13.2. The van der Waals surface area contributed by atoms with Crippen molar-refractivity contribution < 1.29 is 9.21 Å². The number of carbonyl (C=O) groups excluding carboxylic acids is 1. The van der Waals surface area contributed by atoms with E-state index in [0.29, 0.717) is 16.2 Å². The molecule has 1 amide bonds. The van der Waals surface area contributed by atoms with E-state index in [1.165, 1.54) is 23.3 Å². The van der Waals surface area contributed by atoms with E-state index >= 15 is 0 Å². The van der Waals surface area contributed by atoms with E-state index in [0.717, 1.165) is 13.0 Å². The van der Waals surface area contributed by atoms with E-state index in [1.807, 2.05) is 16.2 Å². The second kappa shape index (κ2) is 4.74. The van der Waals surface area contributed by atoms with E-state index in [9.17, 15) is 4.79 Å². The highest BCUT2D eigenvalue weighted by atomic mass is 79.9. The van der Waals surface area contributed by atoms with Crippen molar-refractivity contribution in [3.8, 4) is 0 Å². The summed E-state index contributed by atoms with van der Waals surface area (Å²) in [6.45, 7) is 0.811. The topological polar surface area (TPSA) is 33.5 Å². The van der Waals surface area contributed by atoms with Gasteiger partial charge >= 0.3 is 0 Å². The number of amides is 1. The molecule has 3 heterocycles. The van der Waals surface area contributed by atoms with Gasteiger partial charge in [0.05, 0.1) is 17.9 Å². The molecule has 4 rings (SSSR count). The number of hydrogen-bond acceptors (Lipinski definition) is 3. The van der Waals surface area contributed by atoms with Crippen molar-refractivity contribution in [3.05, 3.63) is 44.4 Å². The Morgan fingerprint density at radius 1 is 1.40 bits per heavy atom. The molecule has 0 N–H and O–H groups in total. The molecule has 0 bridgehead atoms. The van der Waals surface area contributed by atoms with Crippen molar-refractivity contribution in [3.63, 3.8) is 0 Å². The van der Waals surface area contributed by atoms with Gasteiger partial charge in [0.25, 0.3) is 5.91 Å². The largest absolute Gasteiger partial charge is 0.457 e. The lowest BCUT2D eigenvalue weighted by Gasteiger charge is -2.36. The van der Waals surface area contributed by atoms with Crippen molar-refractivity contribution in [1.29, 1.82) is 0 Å². The molecular formula is C15H14BrNO2S. The lowest BCUT2D eigenvalue weighted by Crippen LogP contribution is -2.40. The Kier molecular flexibility index (Phi) is 3.00. The molecular weight excluding hydrogens is 338 g/mol. The molecule has 1 aliphatic carbocycles. The summed E-state index contributed by atoms with van der Waals surface area (Å²) in [5.41, 5.74) is 2.01. The number of rotatable bonds is 2. The smallest absolute Gasteiger partial charge is 0.258 e. The summed E-state index contributed by atoms with van der Waals surface area (Å²) in [5.74, 6) is 0.720. The minimum absolute atomic E-state index is 0.0828. The van der Waals surface area contributed by atoms with Gasteiger partial charge in [-0.25, -0.2) is 0 Å². The summed E-state index contributed by atoms with van der Waals surface area (Å²) in [6, 6.07) is 4.21. The standard InChI is InChI=1S/C15H14BrNO2S/c16-14-11(4-7-19-14)15(18)17-6-3-12-10(5-8-20-12)13(17)9-1-2-9/h4-5,7-9,13H,1-3,6H2. The molecule has 1 unspecified atom stereocenters. The van der Waals surface area contributed by atoms with Crippen LogP contribution in [0.5, 0.6) is 0 Å². The van der Waals surface area contributed by atoms with Crippen LogP contribution in [0, 0.1) is 5.92 Å². The van der Waals surface area contributed by atoms with Crippen LogP contribution in [0.4, 0.5) is 0 Å². The third kappa shape index (κ3) is 1.95. The lowest BCUT2D eigenvalue weighted by molar-refractivity contribution is 0.0635. The number of thiophene rings is 1. The number of hydrogen-bond donors (Lipinski definition) is 0. The van der Waals surface area contributed by atoms with Crippen LogP contribution in [-0.2, 0) is 6.42 Å². The van der Waals surface area contributed by atoms with Crippen molar-refractivity contribution in [2.75, 3.05) is 6.54 Å². The summed E-state index contributed by atoms with van der Waals surface area (Å²) in [6.07, 6.45) is 4.99. The van der Waals surface area contributed by atoms with Gasteiger partial charge in [-0.2, -0.15) is 0 Å². The van der Waals surface area contributed by atoms with Crippen molar-refractivity contribution in [1.82, 2.24) is 4.90 Å². The Hall–Kier alpha value is -1.07. The molecule has 1 fully saturated rings. The highest BCUT2D eigenvalue weighted by Gasteiger charge is 2.42. The minimum Gasteiger partial charge on any atom is -0.457 e. The molecule has 1 atom stereocenters. The Balaban J connectivity index is 1.71. The first-order chi connectivity index (χ1) is 9.75. The average molecular weight is 352 g/mol. The van der Waals surface area contributed by atoms with Crippen molar-refractivity contribution in [2.45, 2.75) is 25.3 Å². The quantitative estimate of drug-likeness (QED) is 0.810. The maximum absolute atomic E-state index is 12.8. The van der Waals surface area contributed by atoms with E-state index < -0.39 is 0 Å². The average Bonchev–Trinajstić information content (AvgIpc) is 3.01. The summed E-state index contributed by atoms with van der Waals surface area (Å²) >= 11 is 5.14. The van der Waals surface area contributed by atoms with E-state index in [1.54, 1.807) is 12.3 Å². The van der Waals surface area contributed by atoms with Crippen molar-refractivity contribution in [2.24, 2.45) is 5.92 Å². The van der Waals surface area contributed by atoms with Crippen LogP contribution >= 0.6 is 27.3 Å². The van der Waals surface area contributed by atoms with Gasteiger partial charge < -0.3 is 9.32 Å². The molecule has 20 heavy (non-hydrogen) atoms. The molecule has 1 saturated carbocycles. The van der Waals surface area contributed by atoms with Crippen LogP contribution in [-0.4, -0.2) is 17.4 Å². The van der Waals surface area contributed by atoms with E-state index in [-0.39, 0.29) is 11.9 Å². The van der Waals surface area contributed by atoms with Gasteiger partial charge in [0, 0.05) is 11.4 Å². The molecule has 2 aromatic rings. The Morgan fingerprint density at radius 2 is 2.25 bits per heavy atom. The van der Waals surface area contributed by atoms with Crippen molar-refractivity contribution >= 4 is 33.2 Å². The third-order valence-corrected chi connectivity index (χ3v) is 5.80. The first kappa shape index (κ1) is 12.7. The van der Waals surface area contributed by atoms with Crippen LogP contribution in [0.1, 0.15) is 39.7 Å².